The molecule has 0 amide bonds. The van der Waals surface area contributed by atoms with Crippen LogP contribution in [0.15, 0.2) is 30.6 Å². The third-order valence-corrected chi connectivity index (χ3v) is 2.63. The van der Waals surface area contributed by atoms with E-state index in [4.69, 9.17) is 5.84 Å². The molecule has 0 fully saturated rings. The number of rotatable bonds is 5. The lowest BCUT2D eigenvalue weighted by Gasteiger charge is -2.11. The predicted octanol–water partition coefficient (Wildman–Crippen LogP) is 1.89. The van der Waals surface area contributed by atoms with Crippen molar-refractivity contribution >= 4 is 11.6 Å². The van der Waals surface area contributed by atoms with E-state index in [0.717, 1.165) is 17.2 Å². The molecular formula is C13H18N6. The van der Waals surface area contributed by atoms with Crippen LogP contribution in [0.5, 0.6) is 0 Å². The summed E-state index contributed by atoms with van der Waals surface area (Å²) in [6, 6.07) is 5.70. The molecule has 0 saturated heterocycles. The summed E-state index contributed by atoms with van der Waals surface area (Å²) in [5.74, 6) is 7.78. The van der Waals surface area contributed by atoms with Gasteiger partial charge in [-0.05, 0) is 17.7 Å². The molecule has 0 aliphatic rings. The Bertz CT molecular complexity index is 526. The predicted molar refractivity (Wildman–Crippen MR) is 75.5 cm³/mol. The standard InChI is InChI=1S/C13H18N6/c1-9(2)13-17-11(7-12(18-13)19-14)16-8-10-3-5-15-6-4-10/h3-7,9H,8,14H2,1-2H3,(H2,16,17,18,19). The Kier molecular flexibility index (Phi) is 4.25. The highest BCUT2D eigenvalue weighted by Crippen LogP contribution is 2.16. The molecule has 19 heavy (non-hydrogen) atoms. The number of nitrogens with one attached hydrogen (secondary N) is 2. The third-order valence-electron chi connectivity index (χ3n) is 2.63. The average molecular weight is 258 g/mol. The monoisotopic (exact) mass is 258 g/mol. The molecule has 0 saturated carbocycles. The molecular weight excluding hydrogens is 240 g/mol. The summed E-state index contributed by atoms with van der Waals surface area (Å²) in [4.78, 5) is 12.8. The van der Waals surface area contributed by atoms with Crippen LogP contribution in [-0.4, -0.2) is 15.0 Å². The number of hydrogen-bond acceptors (Lipinski definition) is 6. The van der Waals surface area contributed by atoms with Crippen molar-refractivity contribution in [3.8, 4) is 0 Å². The Morgan fingerprint density at radius 1 is 1.16 bits per heavy atom. The molecule has 2 aromatic rings. The van der Waals surface area contributed by atoms with E-state index in [-0.39, 0.29) is 5.92 Å². The van der Waals surface area contributed by atoms with Crippen molar-refractivity contribution in [3.63, 3.8) is 0 Å². The van der Waals surface area contributed by atoms with Gasteiger partial charge in [-0.15, -0.1) is 0 Å². The van der Waals surface area contributed by atoms with Crippen molar-refractivity contribution in [2.24, 2.45) is 5.84 Å². The topological polar surface area (TPSA) is 88.8 Å². The molecule has 0 atom stereocenters. The molecule has 2 heterocycles. The number of nitrogens with two attached hydrogens (primary N) is 1. The summed E-state index contributed by atoms with van der Waals surface area (Å²) in [7, 11) is 0. The van der Waals surface area contributed by atoms with Gasteiger partial charge in [0.05, 0.1) is 0 Å². The van der Waals surface area contributed by atoms with Gasteiger partial charge in [0.1, 0.15) is 17.5 Å². The van der Waals surface area contributed by atoms with Crippen LogP contribution in [0.3, 0.4) is 0 Å². The summed E-state index contributed by atoms with van der Waals surface area (Å²) >= 11 is 0. The lowest BCUT2D eigenvalue weighted by Crippen LogP contribution is -2.13. The van der Waals surface area contributed by atoms with E-state index in [1.807, 2.05) is 26.0 Å². The molecule has 6 heteroatoms. The van der Waals surface area contributed by atoms with Crippen molar-refractivity contribution < 1.29 is 0 Å². The van der Waals surface area contributed by atoms with Crippen LogP contribution < -0.4 is 16.6 Å². The van der Waals surface area contributed by atoms with Crippen LogP contribution in [0.4, 0.5) is 11.6 Å². The molecule has 2 rings (SSSR count). The van der Waals surface area contributed by atoms with E-state index < -0.39 is 0 Å². The van der Waals surface area contributed by atoms with Crippen LogP contribution in [0.1, 0.15) is 31.2 Å². The van der Waals surface area contributed by atoms with Gasteiger partial charge in [0.25, 0.3) is 0 Å². The fraction of sp³-hybridized carbons (Fsp3) is 0.308. The molecule has 0 spiro atoms. The molecule has 0 bridgehead atoms. The minimum Gasteiger partial charge on any atom is -0.366 e. The van der Waals surface area contributed by atoms with Crippen LogP contribution in [-0.2, 0) is 6.54 Å². The Balaban J connectivity index is 2.13. The molecule has 0 radical (unpaired) electrons. The fourth-order valence-electron chi connectivity index (χ4n) is 1.58. The van der Waals surface area contributed by atoms with Gasteiger partial charge in [0.2, 0.25) is 0 Å². The average Bonchev–Trinajstić information content (AvgIpc) is 2.45. The normalized spacial score (nSPS) is 10.5. The first-order chi connectivity index (χ1) is 9.19. The minimum atomic E-state index is 0.245. The van der Waals surface area contributed by atoms with Crippen LogP contribution >= 0.6 is 0 Å². The molecule has 6 nitrogen and oxygen atoms in total. The van der Waals surface area contributed by atoms with E-state index in [1.54, 1.807) is 18.5 Å². The van der Waals surface area contributed by atoms with Gasteiger partial charge in [0, 0.05) is 30.9 Å². The molecule has 0 aromatic carbocycles. The van der Waals surface area contributed by atoms with Crippen LogP contribution in [0, 0.1) is 0 Å². The Morgan fingerprint density at radius 3 is 2.47 bits per heavy atom. The van der Waals surface area contributed by atoms with Gasteiger partial charge < -0.3 is 10.7 Å². The maximum absolute atomic E-state index is 5.42. The number of nitrogen functional groups attached to an aromatic ring is 1. The highest BCUT2D eigenvalue weighted by molar-refractivity contribution is 5.47. The van der Waals surface area contributed by atoms with Gasteiger partial charge in [-0.1, -0.05) is 13.8 Å². The Labute approximate surface area is 112 Å². The summed E-state index contributed by atoms with van der Waals surface area (Å²) in [6.45, 7) is 4.77. The van der Waals surface area contributed by atoms with Gasteiger partial charge in [-0.2, -0.15) is 0 Å². The second-order valence-corrected chi connectivity index (χ2v) is 4.50. The smallest absolute Gasteiger partial charge is 0.145 e. The molecule has 0 aliphatic carbocycles. The van der Waals surface area contributed by atoms with Gasteiger partial charge in [-0.3, -0.25) is 4.98 Å². The van der Waals surface area contributed by atoms with Gasteiger partial charge in [-0.25, -0.2) is 15.8 Å². The molecule has 100 valence electrons. The second kappa shape index (κ2) is 6.10. The number of aromatic nitrogens is 3. The lowest BCUT2D eigenvalue weighted by molar-refractivity contribution is 0.775. The number of anilines is 2. The number of hydrogen-bond donors (Lipinski definition) is 3. The van der Waals surface area contributed by atoms with E-state index in [1.165, 1.54) is 0 Å². The number of nitrogens with zero attached hydrogens (tertiary/aromatic N) is 3. The van der Waals surface area contributed by atoms with Crippen LogP contribution in [0.2, 0.25) is 0 Å². The van der Waals surface area contributed by atoms with Crippen molar-refractivity contribution in [1.29, 1.82) is 0 Å². The lowest BCUT2D eigenvalue weighted by atomic mass is 10.2. The minimum absolute atomic E-state index is 0.245. The Morgan fingerprint density at radius 2 is 1.84 bits per heavy atom. The van der Waals surface area contributed by atoms with Crippen molar-refractivity contribution in [2.75, 3.05) is 10.7 Å². The van der Waals surface area contributed by atoms with E-state index in [0.29, 0.717) is 12.4 Å². The molecule has 4 N–H and O–H groups in total. The largest absolute Gasteiger partial charge is 0.366 e. The summed E-state index contributed by atoms with van der Waals surface area (Å²) in [5.41, 5.74) is 3.70. The van der Waals surface area contributed by atoms with Crippen molar-refractivity contribution in [2.45, 2.75) is 26.3 Å². The number of hydrazine groups is 1. The maximum Gasteiger partial charge on any atom is 0.145 e. The molecule has 0 aliphatic heterocycles. The summed E-state index contributed by atoms with van der Waals surface area (Å²) in [5, 5.41) is 3.26. The zero-order valence-corrected chi connectivity index (χ0v) is 11.1. The second-order valence-electron chi connectivity index (χ2n) is 4.50. The fourth-order valence-corrected chi connectivity index (χ4v) is 1.58. The number of pyridine rings is 1. The van der Waals surface area contributed by atoms with E-state index in [9.17, 15) is 0 Å². The molecule has 2 aromatic heterocycles. The first-order valence-corrected chi connectivity index (χ1v) is 6.17. The highest BCUT2D eigenvalue weighted by Gasteiger charge is 2.07. The summed E-state index contributed by atoms with van der Waals surface area (Å²) in [6.07, 6.45) is 3.53. The highest BCUT2D eigenvalue weighted by atomic mass is 15.3. The zero-order valence-electron chi connectivity index (χ0n) is 11.1. The third kappa shape index (κ3) is 3.62. The van der Waals surface area contributed by atoms with E-state index >= 15 is 0 Å². The van der Waals surface area contributed by atoms with Gasteiger partial charge in [0.15, 0.2) is 0 Å². The quantitative estimate of drug-likeness (QED) is 0.560. The SMILES string of the molecule is CC(C)c1nc(NN)cc(NCc2ccncc2)n1. The van der Waals surface area contributed by atoms with E-state index in [2.05, 4.69) is 25.7 Å². The maximum atomic E-state index is 5.42. The van der Waals surface area contributed by atoms with Crippen LogP contribution in [0.25, 0.3) is 0 Å². The first kappa shape index (κ1) is 13.2. The zero-order chi connectivity index (χ0) is 13.7. The summed E-state index contributed by atoms with van der Waals surface area (Å²) < 4.78 is 0. The first-order valence-electron chi connectivity index (χ1n) is 6.17. The van der Waals surface area contributed by atoms with Gasteiger partial charge >= 0.3 is 0 Å². The van der Waals surface area contributed by atoms with Crippen molar-refractivity contribution in [1.82, 2.24) is 15.0 Å². The molecule has 0 unspecified atom stereocenters. The Hall–Kier alpha value is -2.21. The van der Waals surface area contributed by atoms with Crippen molar-refractivity contribution in [3.05, 3.63) is 42.0 Å².